The number of benzene rings is 1. The van der Waals surface area contributed by atoms with E-state index >= 15 is 0 Å². The van der Waals surface area contributed by atoms with Crippen LogP contribution in [0.3, 0.4) is 0 Å². The van der Waals surface area contributed by atoms with Crippen LogP contribution in [-0.4, -0.2) is 31.0 Å². The highest BCUT2D eigenvalue weighted by molar-refractivity contribution is 6.31. The van der Waals surface area contributed by atoms with Crippen LogP contribution < -0.4 is 5.32 Å². The van der Waals surface area contributed by atoms with Gasteiger partial charge in [0.05, 0.1) is 19.3 Å². The monoisotopic (exact) mass is 227 g/mol. The van der Waals surface area contributed by atoms with Crippen molar-refractivity contribution in [3.05, 3.63) is 34.9 Å². The average Bonchev–Trinajstić information content (AvgIpc) is 2.30. The number of halogens is 1. The van der Waals surface area contributed by atoms with Crippen molar-refractivity contribution in [2.24, 2.45) is 0 Å². The smallest absolute Gasteiger partial charge is 0.100 e. The van der Waals surface area contributed by atoms with Crippen molar-refractivity contribution in [3.63, 3.8) is 0 Å². The molecule has 15 heavy (non-hydrogen) atoms. The van der Waals surface area contributed by atoms with Crippen LogP contribution in [0.1, 0.15) is 11.6 Å². The van der Waals surface area contributed by atoms with Crippen molar-refractivity contribution in [3.8, 4) is 0 Å². The molecule has 4 heteroatoms. The van der Waals surface area contributed by atoms with Crippen LogP contribution >= 0.6 is 11.6 Å². The van der Waals surface area contributed by atoms with Gasteiger partial charge in [-0.25, -0.2) is 0 Å². The molecule has 0 aromatic heterocycles. The van der Waals surface area contributed by atoms with Gasteiger partial charge in [0.1, 0.15) is 6.10 Å². The Morgan fingerprint density at radius 1 is 1.47 bits per heavy atom. The van der Waals surface area contributed by atoms with Gasteiger partial charge in [-0.15, -0.1) is 0 Å². The first-order chi connectivity index (χ1) is 7.33. The van der Waals surface area contributed by atoms with E-state index < -0.39 is 0 Å². The number of aliphatic hydroxyl groups is 1. The molecule has 1 aromatic rings. The Balaban J connectivity index is 2.24. The largest absolute Gasteiger partial charge is 0.394 e. The van der Waals surface area contributed by atoms with Gasteiger partial charge in [0.15, 0.2) is 0 Å². The van der Waals surface area contributed by atoms with Crippen LogP contribution in [0.2, 0.25) is 5.02 Å². The second-order valence-corrected chi connectivity index (χ2v) is 3.95. The van der Waals surface area contributed by atoms with E-state index in [0.717, 1.165) is 12.1 Å². The Bertz CT molecular complexity index is 332. The highest BCUT2D eigenvalue weighted by Gasteiger charge is 2.27. The van der Waals surface area contributed by atoms with Gasteiger partial charge < -0.3 is 15.2 Å². The van der Waals surface area contributed by atoms with Gasteiger partial charge in [0.25, 0.3) is 0 Å². The summed E-state index contributed by atoms with van der Waals surface area (Å²) in [6.45, 7) is 1.42. The first-order valence-corrected chi connectivity index (χ1v) is 5.41. The molecular weight excluding hydrogens is 214 g/mol. The number of nitrogens with one attached hydrogen (secondary N) is 1. The summed E-state index contributed by atoms with van der Waals surface area (Å²) in [7, 11) is 0. The fourth-order valence-electron chi connectivity index (χ4n) is 1.85. The molecule has 0 radical (unpaired) electrons. The zero-order chi connectivity index (χ0) is 10.7. The molecule has 0 bridgehead atoms. The van der Waals surface area contributed by atoms with Crippen molar-refractivity contribution in [2.45, 2.75) is 12.1 Å². The lowest BCUT2D eigenvalue weighted by molar-refractivity contribution is -0.0356. The summed E-state index contributed by atoms with van der Waals surface area (Å²) >= 11 is 6.10. The maximum absolute atomic E-state index is 9.21. The minimum atomic E-state index is -0.210. The lowest BCUT2D eigenvalue weighted by Gasteiger charge is -2.32. The summed E-state index contributed by atoms with van der Waals surface area (Å²) in [6.07, 6.45) is -0.210. The molecule has 1 saturated heterocycles. The molecule has 0 aliphatic carbocycles. The molecule has 0 saturated carbocycles. The molecule has 2 atom stereocenters. The van der Waals surface area contributed by atoms with Crippen LogP contribution in [-0.2, 0) is 4.74 Å². The number of hydrogen-bond donors (Lipinski definition) is 2. The second-order valence-electron chi connectivity index (χ2n) is 3.55. The van der Waals surface area contributed by atoms with Crippen LogP contribution in [0, 0.1) is 0 Å². The zero-order valence-electron chi connectivity index (χ0n) is 8.32. The molecule has 1 aromatic carbocycles. The van der Waals surface area contributed by atoms with E-state index in [1.165, 1.54) is 0 Å². The fraction of sp³-hybridized carbons (Fsp3) is 0.455. The molecule has 1 heterocycles. The number of ether oxygens (including phenoxy) is 1. The summed E-state index contributed by atoms with van der Waals surface area (Å²) in [5.41, 5.74) is 0.984. The van der Waals surface area contributed by atoms with Crippen LogP contribution in [0.25, 0.3) is 0 Å². The van der Waals surface area contributed by atoms with Gasteiger partial charge in [0.2, 0.25) is 0 Å². The van der Waals surface area contributed by atoms with Crippen LogP contribution in [0.15, 0.2) is 24.3 Å². The highest BCUT2D eigenvalue weighted by Crippen LogP contribution is 2.27. The number of hydrogen-bond acceptors (Lipinski definition) is 3. The van der Waals surface area contributed by atoms with Crippen LogP contribution in [0.5, 0.6) is 0 Å². The average molecular weight is 228 g/mol. The van der Waals surface area contributed by atoms with Gasteiger partial charge in [-0.1, -0.05) is 29.8 Å². The van der Waals surface area contributed by atoms with Crippen molar-refractivity contribution >= 4 is 11.6 Å². The molecule has 2 rings (SSSR count). The van der Waals surface area contributed by atoms with Gasteiger partial charge >= 0.3 is 0 Å². The SMILES string of the molecule is OC[C@H]1OCCN[C@@H]1c1ccccc1Cl. The minimum Gasteiger partial charge on any atom is -0.394 e. The first kappa shape index (κ1) is 10.9. The topological polar surface area (TPSA) is 41.5 Å². The molecule has 0 amide bonds. The van der Waals surface area contributed by atoms with E-state index in [1.54, 1.807) is 0 Å². The number of rotatable bonds is 2. The third-order valence-electron chi connectivity index (χ3n) is 2.59. The third-order valence-corrected chi connectivity index (χ3v) is 2.93. The Hall–Kier alpha value is -0.610. The predicted molar refractivity (Wildman–Crippen MR) is 59.0 cm³/mol. The maximum atomic E-state index is 9.21. The standard InChI is InChI=1S/C11H14ClNO2/c12-9-4-2-1-3-8(9)11-10(7-14)15-6-5-13-11/h1-4,10-11,13-14H,5-7H2/t10-,11-/m1/s1. The Kier molecular flexibility index (Phi) is 3.59. The molecule has 3 nitrogen and oxygen atoms in total. The summed E-state index contributed by atoms with van der Waals surface area (Å²) in [5, 5.41) is 13.2. The summed E-state index contributed by atoms with van der Waals surface area (Å²) < 4.78 is 5.48. The molecule has 82 valence electrons. The van der Waals surface area contributed by atoms with Crippen molar-refractivity contribution < 1.29 is 9.84 Å². The first-order valence-electron chi connectivity index (χ1n) is 5.03. The Morgan fingerprint density at radius 3 is 3.00 bits per heavy atom. The molecule has 1 fully saturated rings. The van der Waals surface area contributed by atoms with Gasteiger partial charge in [-0.2, -0.15) is 0 Å². The maximum Gasteiger partial charge on any atom is 0.100 e. The lowest BCUT2D eigenvalue weighted by Crippen LogP contribution is -2.43. The van der Waals surface area contributed by atoms with E-state index in [-0.39, 0.29) is 18.8 Å². The van der Waals surface area contributed by atoms with E-state index in [0.29, 0.717) is 11.6 Å². The quantitative estimate of drug-likeness (QED) is 0.802. The summed E-state index contributed by atoms with van der Waals surface area (Å²) in [4.78, 5) is 0. The van der Waals surface area contributed by atoms with Crippen LogP contribution in [0.4, 0.5) is 0 Å². The Morgan fingerprint density at radius 2 is 2.27 bits per heavy atom. The minimum absolute atomic E-state index is 0.00287. The lowest BCUT2D eigenvalue weighted by atomic mass is 10.0. The molecule has 2 N–H and O–H groups in total. The van der Waals surface area contributed by atoms with Gasteiger partial charge in [-0.05, 0) is 11.6 Å². The normalized spacial score (nSPS) is 26.5. The van der Waals surface area contributed by atoms with Gasteiger partial charge in [0, 0.05) is 11.6 Å². The molecule has 1 aliphatic heterocycles. The zero-order valence-corrected chi connectivity index (χ0v) is 9.07. The van der Waals surface area contributed by atoms with Gasteiger partial charge in [-0.3, -0.25) is 0 Å². The predicted octanol–water partition coefficient (Wildman–Crippen LogP) is 1.36. The summed E-state index contributed by atoms with van der Waals surface area (Å²) in [6, 6.07) is 7.62. The number of morpholine rings is 1. The molecule has 0 unspecified atom stereocenters. The van der Waals surface area contributed by atoms with E-state index in [4.69, 9.17) is 16.3 Å². The third kappa shape index (κ3) is 2.32. The second kappa shape index (κ2) is 4.94. The molecule has 1 aliphatic rings. The summed E-state index contributed by atoms with van der Waals surface area (Å²) in [5.74, 6) is 0. The van der Waals surface area contributed by atoms with Crippen molar-refractivity contribution in [1.82, 2.24) is 5.32 Å². The Labute approximate surface area is 94.0 Å². The highest BCUT2D eigenvalue weighted by atomic mass is 35.5. The van der Waals surface area contributed by atoms with E-state index in [2.05, 4.69) is 5.32 Å². The van der Waals surface area contributed by atoms with E-state index in [1.807, 2.05) is 24.3 Å². The molecular formula is C11H14ClNO2. The molecule has 0 spiro atoms. The van der Waals surface area contributed by atoms with E-state index in [9.17, 15) is 5.11 Å². The number of aliphatic hydroxyl groups excluding tert-OH is 1. The van der Waals surface area contributed by atoms with Crippen molar-refractivity contribution in [2.75, 3.05) is 19.8 Å². The fourth-order valence-corrected chi connectivity index (χ4v) is 2.10. The van der Waals surface area contributed by atoms with Crippen molar-refractivity contribution in [1.29, 1.82) is 0 Å².